The van der Waals surface area contributed by atoms with E-state index in [-0.39, 0.29) is 11.7 Å². The Morgan fingerprint density at radius 2 is 1.81 bits per heavy atom. The summed E-state index contributed by atoms with van der Waals surface area (Å²) < 4.78 is 0. The van der Waals surface area contributed by atoms with Gasteiger partial charge < -0.3 is 15.1 Å². The van der Waals surface area contributed by atoms with Crippen LogP contribution in [0.15, 0.2) is 54.6 Å². The van der Waals surface area contributed by atoms with Crippen molar-refractivity contribution in [1.29, 1.82) is 0 Å². The number of ketones is 1. The topological polar surface area (TPSA) is 52.7 Å². The highest BCUT2D eigenvalue weighted by Crippen LogP contribution is 2.38. The van der Waals surface area contributed by atoms with Crippen molar-refractivity contribution in [1.82, 2.24) is 10.2 Å². The average Bonchev–Trinajstić information content (AvgIpc) is 2.95. The SMILES string of the molecule is CC(=O)c1cccc(CN2CN(c3ccccc3)C3(CCNCC3)C2=O)c1. The smallest absolute Gasteiger partial charge is 0.250 e. The summed E-state index contributed by atoms with van der Waals surface area (Å²) in [5.74, 6) is 0.242. The molecule has 1 N–H and O–H groups in total. The molecule has 2 aromatic rings. The fourth-order valence-corrected chi connectivity index (χ4v) is 4.27. The fourth-order valence-electron chi connectivity index (χ4n) is 4.27. The summed E-state index contributed by atoms with van der Waals surface area (Å²) in [4.78, 5) is 29.4. The minimum atomic E-state index is -0.467. The standard InChI is InChI=1S/C22H25N3O2/c1-17(26)19-7-5-6-18(14-19)15-24-16-25(20-8-3-2-4-9-20)22(21(24)27)10-12-23-13-11-22/h2-9,14,23H,10-13,15-16H2,1H3. The van der Waals surface area contributed by atoms with Crippen LogP contribution in [0, 0.1) is 0 Å². The number of amides is 1. The van der Waals surface area contributed by atoms with Gasteiger partial charge in [0, 0.05) is 17.8 Å². The number of Topliss-reactive ketones (excluding diaryl/α,β-unsaturated/α-hetero) is 1. The Balaban J connectivity index is 1.64. The van der Waals surface area contributed by atoms with Crippen LogP contribution in [-0.4, -0.2) is 41.9 Å². The van der Waals surface area contributed by atoms with Crippen LogP contribution in [0.3, 0.4) is 0 Å². The van der Waals surface area contributed by atoms with Crippen LogP contribution in [0.4, 0.5) is 5.69 Å². The Bertz CT molecular complexity index is 844. The summed E-state index contributed by atoms with van der Waals surface area (Å²) in [5.41, 5.74) is 2.31. The second kappa shape index (κ2) is 7.16. The molecule has 0 aromatic heterocycles. The monoisotopic (exact) mass is 363 g/mol. The lowest BCUT2D eigenvalue weighted by Crippen LogP contribution is -2.55. The average molecular weight is 363 g/mol. The van der Waals surface area contributed by atoms with E-state index in [1.807, 2.05) is 47.4 Å². The first-order valence-corrected chi connectivity index (χ1v) is 9.53. The lowest BCUT2D eigenvalue weighted by molar-refractivity contribution is -0.133. The molecule has 2 aliphatic heterocycles. The summed E-state index contributed by atoms with van der Waals surface area (Å²) >= 11 is 0. The van der Waals surface area contributed by atoms with Gasteiger partial charge in [0.1, 0.15) is 5.54 Å². The highest BCUT2D eigenvalue weighted by Gasteiger charge is 2.52. The molecule has 1 amide bonds. The van der Waals surface area contributed by atoms with E-state index in [1.165, 1.54) is 0 Å². The highest BCUT2D eigenvalue weighted by atomic mass is 16.2. The van der Waals surface area contributed by atoms with Gasteiger partial charge in [0.2, 0.25) is 5.91 Å². The Morgan fingerprint density at radius 1 is 1.07 bits per heavy atom. The normalized spacial score (nSPS) is 18.9. The molecule has 5 heteroatoms. The lowest BCUT2D eigenvalue weighted by atomic mass is 9.86. The maximum atomic E-state index is 13.5. The van der Waals surface area contributed by atoms with Crippen molar-refractivity contribution in [2.24, 2.45) is 0 Å². The third-order valence-corrected chi connectivity index (χ3v) is 5.72. The van der Waals surface area contributed by atoms with Crippen molar-refractivity contribution in [3.63, 3.8) is 0 Å². The number of nitrogens with zero attached hydrogens (tertiary/aromatic N) is 2. The number of anilines is 1. The second-order valence-corrected chi connectivity index (χ2v) is 7.45. The van der Waals surface area contributed by atoms with E-state index >= 15 is 0 Å². The molecule has 2 saturated heterocycles. The largest absolute Gasteiger partial charge is 0.339 e. The Labute approximate surface area is 160 Å². The predicted octanol–water partition coefficient (Wildman–Crippen LogP) is 2.82. The molecule has 140 valence electrons. The van der Waals surface area contributed by atoms with Gasteiger partial charge in [-0.25, -0.2) is 0 Å². The number of piperidine rings is 1. The first-order chi connectivity index (χ1) is 13.1. The van der Waals surface area contributed by atoms with Gasteiger partial charge >= 0.3 is 0 Å². The minimum absolute atomic E-state index is 0.0466. The quantitative estimate of drug-likeness (QED) is 0.849. The maximum absolute atomic E-state index is 13.5. The van der Waals surface area contributed by atoms with E-state index < -0.39 is 5.54 Å². The van der Waals surface area contributed by atoms with Gasteiger partial charge in [-0.15, -0.1) is 0 Å². The Hall–Kier alpha value is -2.66. The molecule has 0 saturated carbocycles. The summed E-state index contributed by atoms with van der Waals surface area (Å²) in [7, 11) is 0. The van der Waals surface area contributed by atoms with E-state index in [2.05, 4.69) is 22.3 Å². The molecule has 2 fully saturated rings. The maximum Gasteiger partial charge on any atom is 0.250 e. The number of hydrogen-bond acceptors (Lipinski definition) is 4. The lowest BCUT2D eigenvalue weighted by Gasteiger charge is -2.40. The molecule has 2 heterocycles. The van der Waals surface area contributed by atoms with E-state index in [1.54, 1.807) is 6.92 Å². The van der Waals surface area contributed by atoms with Crippen molar-refractivity contribution < 1.29 is 9.59 Å². The van der Waals surface area contributed by atoms with Gasteiger partial charge in [0.25, 0.3) is 0 Å². The van der Waals surface area contributed by atoms with Gasteiger partial charge in [0.05, 0.1) is 6.67 Å². The zero-order valence-electron chi connectivity index (χ0n) is 15.6. The molecule has 0 bridgehead atoms. The molecule has 0 radical (unpaired) electrons. The van der Waals surface area contributed by atoms with Gasteiger partial charge in [-0.05, 0) is 56.6 Å². The van der Waals surface area contributed by atoms with Crippen LogP contribution in [0.2, 0.25) is 0 Å². The highest BCUT2D eigenvalue weighted by molar-refractivity contribution is 5.95. The summed E-state index contributed by atoms with van der Waals surface area (Å²) in [6, 6.07) is 17.8. The van der Waals surface area contributed by atoms with Crippen molar-refractivity contribution in [3.8, 4) is 0 Å². The van der Waals surface area contributed by atoms with Crippen molar-refractivity contribution in [2.45, 2.75) is 31.8 Å². The molecular formula is C22H25N3O2. The molecular weight excluding hydrogens is 338 g/mol. The predicted molar refractivity (Wildman–Crippen MR) is 106 cm³/mol. The van der Waals surface area contributed by atoms with Crippen LogP contribution in [0.1, 0.15) is 35.7 Å². The summed E-state index contributed by atoms with van der Waals surface area (Å²) in [5, 5.41) is 3.38. The number of nitrogens with one attached hydrogen (secondary N) is 1. The number of rotatable bonds is 4. The van der Waals surface area contributed by atoms with Crippen LogP contribution in [-0.2, 0) is 11.3 Å². The van der Waals surface area contributed by atoms with E-state index in [9.17, 15) is 9.59 Å². The third kappa shape index (κ3) is 3.23. The molecule has 1 spiro atoms. The molecule has 27 heavy (non-hydrogen) atoms. The van der Waals surface area contributed by atoms with Gasteiger partial charge in [-0.1, -0.05) is 36.4 Å². The first-order valence-electron chi connectivity index (χ1n) is 9.53. The number of carbonyl (C=O) groups is 2. The number of benzene rings is 2. The Morgan fingerprint density at radius 3 is 2.52 bits per heavy atom. The van der Waals surface area contributed by atoms with Crippen molar-refractivity contribution in [2.75, 3.05) is 24.7 Å². The minimum Gasteiger partial charge on any atom is -0.339 e. The number of carbonyl (C=O) groups excluding carboxylic acids is 2. The van der Waals surface area contributed by atoms with Crippen LogP contribution < -0.4 is 10.2 Å². The zero-order valence-corrected chi connectivity index (χ0v) is 15.6. The first kappa shape index (κ1) is 17.7. The molecule has 0 unspecified atom stereocenters. The Kier molecular flexibility index (Phi) is 4.70. The number of hydrogen-bond donors (Lipinski definition) is 1. The molecule has 2 aliphatic rings. The van der Waals surface area contributed by atoms with Crippen molar-refractivity contribution in [3.05, 3.63) is 65.7 Å². The van der Waals surface area contributed by atoms with E-state index in [0.29, 0.717) is 18.8 Å². The van der Waals surface area contributed by atoms with E-state index in [0.717, 1.165) is 37.2 Å². The van der Waals surface area contributed by atoms with Gasteiger partial charge in [-0.3, -0.25) is 9.59 Å². The fraction of sp³-hybridized carbons (Fsp3) is 0.364. The molecule has 5 nitrogen and oxygen atoms in total. The molecule has 4 rings (SSSR count). The summed E-state index contributed by atoms with van der Waals surface area (Å²) in [6.45, 7) is 4.37. The zero-order chi connectivity index (χ0) is 18.9. The number of para-hydroxylation sites is 1. The molecule has 2 aromatic carbocycles. The van der Waals surface area contributed by atoms with Gasteiger partial charge in [-0.2, -0.15) is 0 Å². The third-order valence-electron chi connectivity index (χ3n) is 5.72. The van der Waals surface area contributed by atoms with Crippen LogP contribution in [0.25, 0.3) is 0 Å². The van der Waals surface area contributed by atoms with Crippen molar-refractivity contribution >= 4 is 17.4 Å². The van der Waals surface area contributed by atoms with Crippen LogP contribution >= 0.6 is 0 Å². The second-order valence-electron chi connectivity index (χ2n) is 7.45. The molecule has 0 atom stereocenters. The molecule has 0 aliphatic carbocycles. The van der Waals surface area contributed by atoms with Crippen LogP contribution in [0.5, 0.6) is 0 Å². The summed E-state index contributed by atoms with van der Waals surface area (Å²) in [6.07, 6.45) is 1.62. The van der Waals surface area contributed by atoms with Gasteiger partial charge in [0.15, 0.2) is 5.78 Å². The van der Waals surface area contributed by atoms with E-state index in [4.69, 9.17) is 0 Å².